The number of pyridine rings is 1. The second-order valence-electron chi connectivity index (χ2n) is 7.39. The summed E-state index contributed by atoms with van der Waals surface area (Å²) in [5.41, 5.74) is 2.48. The monoisotopic (exact) mass is 408 g/mol. The summed E-state index contributed by atoms with van der Waals surface area (Å²) in [6.07, 6.45) is 7.97. The molecule has 2 aliphatic heterocycles. The number of allylic oxidation sites excluding steroid dienone is 4. The quantitative estimate of drug-likeness (QED) is 0.762. The molecule has 7 heteroatoms. The Morgan fingerprint density at radius 1 is 1.17 bits per heavy atom. The van der Waals surface area contributed by atoms with Gasteiger partial charge in [0.2, 0.25) is 0 Å². The smallest absolute Gasteiger partial charge is 0.252 e. The van der Waals surface area contributed by atoms with E-state index in [9.17, 15) is 4.79 Å². The first kappa shape index (κ1) is 18.2. The maximum absolute atomic E-state index is 12.4. The summed E-state index contributed by atoms with van der Waals surface area (Å²) in [5, 5.41) is 7.00. The zero-order chi connectivity index (χ0) is 19.8. The Morgan fingerprint density at radius 3 is 2.83 bits per heavy atom. The van der Waals surface area contributed by atoms with Gasteiger partial charge in [-0.25, -0.2) is 4.98 Å². The largest absolute Gasteiger partial charge is 0.457 e. The van der Waals surface area contributed by atoms with Crippen LogP contribution in [0.3, 0.4) is 0 Å². The van der Waals surface area contributed by atoms with Crippen LogP contribution in [0.2, 0.25) is 0 Å². The van der Waals surface area contributed by atoms with Crippen LogP contribution in [0.1, 0.15) is 12.2 Å². The van der Waals surface area contributed by atoms with Crippen molar-refractivity contribution < 1.29 is 9.21 Å². The van der Waals surface area contributed by atoms with E-state index in [1.54, 1.807) is 0 Å². The molecule has 1 aliphatic carbocycles. The maximum atomic E-state index is 12.4. The Kier molecular flexibility index (Phi) is 4.73. The molecule has 0 spiro atoms. The summed E-state index contributed by atoms with van der Waals surface area (Å²) < 4.78 is 5.98. The molecule has 1 atom stereocenters. The van der Waals surface area contributed by atoms with Gasteiger partial charge in [-0.3, -0.25) is 4.79 Å². The van der Waals surface area contributed by atoms with Crippen LogP contribution in [-0.2, 0) is 4.79 Å². The summed E-state index contributed by atoms with van der Waals surface area (Å²) in [6.45, 7) is 3.88. The van der Waals surface area contributed by atoms with E-state index >= 15 is 0 Å². The summed E-state index contributed by atoms with van der Waals surface area (Å²) in [6, 6.07) is 7.83. The molecular formula is C22H21ClN4O2. The molecule has 2 N–H and O–H groups in total. The van der Waals surface area contributed by atoms with E-state index in [0.29, 0.717) is 17.8 Å². The third-order valence-corrected chi connectivity index (χ3v) is 5.79. The number of carbonyl (C=O) groups excluding carboxylic acids is 1. The van der Waals surface area contributed by atoms with Gasteiger partial charge in [-0.15, -0.1) is 0 Å². The summed E-state index contributed by atoms with van der Waals surface area (Å²) in [4.78, 5) is 19.2. The molecule has 6 nitrogen and oxygen atoms in total. The average molecular weight is 409 g/mol. The van der Waals surface area contributed by atoms with Crippen molar-refractivity contribution in [1.82, 2.24) is 15.6 Å². The van der Waals surface area contributed by atoms with Gasteiger partial charge in [0.25, 0.3) is 5.91 Å². The number of carbonyl (C=O) groups is 1. The Hall–Kier alpha value is -2.83. The topological polar surface area (TPSA) is 70.4 Å². The number of furan rings is 1. The minimum atomic E-state index is -0.0963. The van der Waals surface area contributed by atoms with Gasteiger partial charge in [-0.05, 0) is 48.9 Å². The number of piperazine rings is 1. The predicted octanol–water partition coefficient (Wildman–Crippen LogP) is 3.29. The van der Waals surface area contributed by atoms with Gasteiger partial charge in [-0.1, -0.05) is 11.6 Å². The van der Waals surface area contributed by atoms with Crippen molar-refractivity contribution >= 4 is 29.4 Å². The summed E-state index contributed by atoms with van der Waals surface area (Å²) in [5.74, 6) is 2.22. The molecule has 2 saturated heterocycles. The molecule has 0 bridgehead atoms. The Balaban J connectivity index is 1.36. The van der Waals surface area contributed by atoms with Crippen molar-refractivity contribution in [2.24, 2.45) is 5.92 Å². The van der Waals surface area contributed by atoms with Crippen molar-refractivity contribution in [1.29, 1.82) is 0 Å². The highest BCUT2D eigenvalue weighted by atomic mass is 35.5. The molecule has 0 saturated carbocycles. The van der Waals surface area contributed by atoms with E-state index in [-0.39, 0.29) is 11.8 Å². The molecule has 0 radical (unpaired) electrons. The molecule has 2 aromatic rings. The van der Waals surface area contributed by atoms with Gasteiger partial charge in [0.1, 0.15) is 17.3 Å². The fourth-order valence-corrected chi connectivity index (χ4v) is 4.17. The van der Waals surface area contributed by atoms with Gasteiger partial charge in [0.15, 0.2) is 0 Å². The van der Waals surface area contributed by atoms with E-state index in [4.69, 9.17) is 16.0 Å². The molecule has 148 valence electrons. The Morgan fingerprint density at radius 2 is 2.03 bits per heavy atom. The number of amides is 1. The van der Waals surface area contributed by atoms with Crippen molar-refractivity contribution in [2.75, 3.05) is 31.1 Å². The van der Waals surface area contributed by atoms with Crippen LogP contribution in [0.25, 0.3) is 17.4 Å². The number of aromatic nitrogens is 1. The number of fused-ring (bicyclic) bond motifs is 1. The standard InChI is InChI=1S/C22H21ClN4O2/c23-15-2-4-19-17(11-15)18(22(28)26-19)12-16-3-5-20(29-16)14-1-6-21(25-13-14)27-9-7-24-8-10-27/h1-6,12-13,17,24H,7-11H2,(H,26,28). The van der Waals surface area contributed by atoms with Gasteiger partial charge in [0, 0.05) is 60.2 Å². The van der Waals surface area contributed by atoms with E-state index < -0.39 is 0 Å². The molecule has 1 amide bonds. The lowest BCUT2D eigenvalue weighted by Gasteiger charge is -2.28. The molecule has 29 heavy (non-hydrogen) atoms. The molecule has 2 aromatic heterocycles. The van der Waals surface area contributed by atoms with Crippen LogP contribution in [0.5, 0.6) is 0 Å². The van der Waals surface area contributed by atoms with Crippen molar-refractivity contribution in [3.8, 4) is 11.3 Å². The highest BCUT2D eigenvalue weighted by Crippen LogP contribution is 2.37. The number of hydrogen-bond donors (Lipinski definition) is 2. The lowest BCUT2D eigenvalue weighted by molar-refractivity contribution is -0.115. The number of nitrogens with zero attached hydrogens (tertiary/aromatic N) is 2. The fourth-order valence-electron chi connectivity index (χ4n) is 3.95. The highest BCUT2D eigenvalue weighted by molar-refractivity contribution is 6.30. The molecule has 5 rings (SSSR count). The molecule has 2 fully saturated rings. The molecule has 3 aliphatic rings. The van der Waals surface area contributed by atoms with Crippen molar-refractivity contribution in [2.45, 2.75) is 6.42 Å². The van der Waals surface area contributed by atoms with Crippen LogP contribution in [0, 0.1) is 5.92 Å². The van der Waals surface area contributed by atoms with Gasteiger partial charge in [0.05, 0.1) is 0 Å². The summed E-state index contributed by atoms with van der Waals surface area (Å²) in [7, 11) is 0. The zero-order valence-corrected chi connectivity index (χ0v) is 16.6. The number of rotatable bonds is 3. The Bertz CT molecular complexity index is 1030. The number of nitrogens with one attached hydrogen (secondary N) is 2. The maximum Gasteiger partial charge on any atom is 0.252 e. The fraction of sp³-hybridized carbons (Fsp3) is 0.273. The van der Waals surface area contributed by atoms with Crippen LogP contribution in [-0.4, -0.2) is 37.1 Å². The minimum Gasteiger partial charge on any atom is -0.457 e. The first-order valence-corrected chi connectivity index (χ1v) is 10.2. The van der Waals surface area contributed by atoms with E-state index in [2.05, 4.69) is 20.5 Å². The highest BCUT2D eigenvalue weighted by Gasteiger charge is 2.34. The van der Waals surface area contributed by atoms with Crippen LogP contribution in [0.4, 0.5) is 5.82 Å². The first-order valence-electron chi connectivity index (χ1n) is 9.78. The van der Waals surface area contributed by atoms with E-state index in [0.717, 1.165) is 54.0 Å². The van der Waals surface area contributed by atoms with Gasteiger partial charge < -0.3 is 20.0 Å². The average Bonchev–Trinajstić information content (AvgIpc) is 3.34. The third-order valence-electron chi connectivity index (χ3n) is 5.51. The predicted molar refractivity (Wildman–Crippen MR) is 113 cm³/mol. The molecular weight excluding hydrogens is 388 g/mol. The number of halogens is 1. The second kappa shape index (κ2) is 7.54. The van der Waals surface area contributed by atoms with Crippen molar-refractivity contribution in [3.05, 3.63) is 64.7 Å². The minimum absolute atomic E-state index is 0.0338. The first-order chi connectivity index (χ1) is 14.2. The molecule has 4 heterocycles. The van der Waals surface area contributed by atoms with E-state index in [1.807, 2.05) is 48.7 Å². The van der Waals surface area contributed by atoms with E-state index in [1.165, 1.54) is 0 Å². The van der Waals surface area contributed by atoms with Crippen LogP contribution in [0.15, 0.2) is 63.3 Å². The normalized spacial score (nSPS) is 22.9. The Labute approximate surface area is 173 Å². The third kappa shape index (κ3) is 3.61. The second-order valence-corrected chi connectivity index (χ2v) is 7.88. The van der Waals surface area contributed by atoms with Crippen LogP contribution >= 0.6 is 11.6 Å². The number of anilines is 1. The van der Waals surface area contributed by atoms with Crippen LogP contribution < -0.4 is 15.5 Å². The lowest BCUT2D eigenvalue weighted by Crippen LogP contribution is -2.43. The number of hydrogen-bond acceptors (Lipinski definition) is 5. The van der Waals surface area contributed by atoms with Gasteiger partial charge in [-0.2, -0.15) is 0 Å². The lowest BCUT2D eigenvalue weighted by atomic mass is 9.92. The molecule has 0 aromatic carbocycles. The zero-order valence-electron chi connectivity index (χ0n) is 15.8. The van der Waals surface area contributed by atoms with Gasteiger partial charge >= 0.3 is 0 Å². The SMILES string of the molecule is O=C1NC2=CC=C(Cl)CC2C1=Cc1ccc(-c2ccc(N3CCNCC3)nc2)o1. The molecule has 1 unspecified atom stereocenters. The van der Waals surface area contributed by atoms with Crippen molar-refractivity contribution in [3.63, 3.8) is 0 Å². The summed E-state index contributed by atoms with van der Waals surface area (Å²) >= 11 is 6.17.